The molecule has 1 fully saturated rings. The van der Waals surface area contributed by atoms with Crippen molar-refractivity contribution in [2.24, 2.45) is 11.3 Å². The largest absolute Gasteiger partial charge is 0.439 e. The molecule has 11 rings (SSSR count). The number of anilines is 1. The van der Waals surface area contributed by atoms with Gasteiger partial charge in [-0.2, -0.15) is 4.57 Å². The molecular formula is C56H63N4O2+. The number of ether oxygens (including phenoxy) is 1. The molecule has 0 bridgehead atoms. The lowest BCUT2D eigenvalue weighted by atomic mass is 9.70. The molecule has 3 aromatic heterocycles. The highest BCUT2D eigenvalue weighted by Crippen LogP contribution is 2.48. The van der Waals surface area contributed by atoms with Gasteiger partial charge in [-0.1, -0.05) is 80.1 Å². The van der Waals surface area contributed by atoms with E-state index < -0.39 is 0 Å². The molecule has 1 saturated carbocycles. The number of fused-ring (bicyclic) bond motifs is 8. The minimum atomic E-state index is 0.131. The van der Waals surface area contributed by atoms with Gasteiger partial charge in [0.25, 0.3) is 5.52 Å². The van der Waals surface area contributed by atoms with Crippen LogP contribution < -0.4 is 14.2 Å². The normalized spacial score (nSPS) is 19.7. The predicted octanol–water partition coefficient (Wildman–Crippen LogP) is 12.9. The van der Waals surface area contributed by atoms with Crippen LogP contribution in [0.3, 0.4) is 0 Å². The third-order valence-electron chi connectivity index (χ3n) is 14.8. The van der Waals surface area contributed by atoms with Crippen LogP contribution in [0, 0.1) is 11.3 Å². The molecule has 4 aromatic carbocycles. The van der Waals surface area contributed by atoms with Crippen molar-refractivity contribution in [2.75, 3.05) is 11.4 Å². The number of aryl methyl sites for hydroxylation is 6. The quantitative estimate of drug-likeness (QED) is 0.129. The van der Waals surface area contributed by atoms with Crippen molar-refractivity contribution in [2.45, 2.75) is 131 Å². The van der Waals surface area contributed by atoms with E-state index in [9.17, 15) is 0 Å². The molecule has 1 unspecified atom stereocenters. The first-order chi connectivity index (χ1) is 30.3. The first-order valence-corrected chi connectivity index (χ1v) is 24.0. The molecule has 0 amide bonds. The zero-order valence-electron chi connectivity index (χ0n) is 37.4. The fourth-order valence-electron chi connectivity index (χ4n) is 12.1. The van der Waals surface area contributed by atoms with Crippen LogP contribution in [0.2, 0.25) is 0 Å². The van der Waals surface area contributed by atoms with Crippen molar-refractivity contribution in [3.63, 3.8) is 0 Å². The van der Waals surface area contributed by atoms with Crippen LogP contribution in [0.5, 0.6) is 5.75 Å². The molecule has 318 valence electrons. The molecule has 0 spiro atoms. The van der Waals surface area contributed by atoms with Crippen molar-refractivity contribution >= 4 is 44.7 Å². The Morgan fingerprint density at radius 3 is 2.05 bits per heavy atom. The van der Waals surface area contributed by atoms with Crippen LogP contribution in [0.15, 0.2) is 107 Å². The van der Waals surface area contributed by atoms with E-state index in [1.165, 1.54) is 101 Å². The number of hydrogen-bond acceptors (Lipinski definition) is 3. The highest BCUT2D eigenvalue weighted by molar-refractivity contribution is 5.95. The summed E-state index contributed by atoms with van der Waals surface area (Å²) >= 11 is 0. The molecule has 3 aliphatic carbocycles. The van der Waals surface area contributed by atoms with Gasteiger partial charge in [0, 0.05) is 66.4 Å². The molecule has 7 aromatic rings. The Hall–Kier alpha value is -5.49. The summed E-state index contributed by atoms with van der Waals surface area (Å²) in [5.41, 5.74) is 16.6. The molecule has 0 radical (unpaired) electrons. The molecule has 1 atom stereocenters. The number of oxazole rings is 1. The Balaban J connectivity index is 0.968. The zero-order chi connectivity index (χ0) is 42.0. The molecule has 4 heterocycles. The third kappa shape index (κ3) is 7.08. The maximum atomic E-state index is 7.02. The summed E-state index contributed by atoms with van der Waals surface area (Å²) < 4.78 is 21.6. The standard InChI is InChI=1S/C56H63N4O2/c1-5-57-46-23-15-13-21-42(46)44-32-50-52(34-48(44)57)61-54(59(50)27-25-38-17-9-7-10-18-38)30-40-29-41(37-56(3,4)36-40)31-55-60(28-26-39-19-11-8-12-20-39)51-33-45-43-22-14-16-24-47(43)58(6-2)49(45)35-53(51)62-55/h7-12,17-20,30-35,40H,5-6,13-16,21-29,36-37H2,1-4H3/q+1. The van der Waals surface area contributed by atoms with Crippen LogP contribution in [0.1, 0.15) is 112 Å². The van der Waals surface area contributed by atoms with Crippen LogP contribution >= 0.6 is 0 Å². The highest BCUT2D eigenvalue weighted by Gasteiger charge is 2.36. The maximum absolute atomic E-state index is 7.02. The summed E-state index contributed by atoms with van der Waals surface area (Å²) in [6, 6.07) is 31.5. The first kappa shape index (κ1) is 39.4. The zero-order valence-corrected chi connectivity index (χ0v) is 37.4. The topological polar surface area (TPSA) is 39.4 Å². The predicted molar refractivity (Wildman–Crippen MR) is 254 cm³/mol. The van der Waals surface area contributed by atoms with E-state index in [0.29, 0.717) is 5.92 Å². The summed E-state index contributed by atoms with van der Waals surface area (Å²) in [5, 5.41) is 2.85. The van der Waals surface area contributed by atoms with Gasteiger partial charge >= 0.3 is 5.89 Å². The van der Waals surface area contributed by atoms with Gasteiger partial charge < -0.3 is 23.2 Å². The van der Waals surface area contributed by atoms with Gasteiger partial charge in [0.1, 0.15) is 0 Å². The Morgan fingerprint density at radius 2 is 1.37 bits per heavy atom. The van der Waals surface area contributed by atoms with Crippen LogP contribution in [-0.2, 0) is 58.2 Å². The van der Waals surface area contributed by atoms with Gasteiger partial charge in [-0.25, -0.2) is 0 Å². The van der Waals surface area contributed by atoms with Crippen LogP contribution in [0.4, 0.5) is 5.69 Å². The summed E-state index contributed by atoms with van der Waals surface area (Å²) in [6.07, 6.45) is 19.8. The average Bonchev–Trinajstić information content (AvgIpc) is 3.99. The monoisotopic (exact) mass is 823 g/mol. The summed E-state index contributed by atoms with van der Waals surface area (Å²) in [4.78, 5) is 2.49. The van der Waals surface area contributed by atoms with Gasteiger partial charge in [0.15, 0.2) is 18.2 Å². The molecule has 6 nitrogen and oxygen atoms in total. The minimum Gasteiger partial charge on any atom is -0.439 e. The maximum Gasteiger partial charge on any atom is 0.374 e. The van der Waals surface area contributed by atoms with E-state index in [0.717, 1.165) is 81.4 Å². The number of rotatable bonds is 10. The highest BCUT2D eigenvalue weighted by atomic mass is 16.5. The fraction of sp³-hybridized carbons (Fsp3) is 0.411. The lowest BCUT2D eigenvalue weighted by molar-refractivity contribution is -0.677. The van der Waals surface area contributed by atoms with Crippen molar-refractivity contribution in [3.8, 4) is 5.75 Å². The Kier molecular flexibility index (Phi) is 10.2. The molecule has 4 aliphatic rings. The average molecular weight is 824 g/mol. The lowest BCUT2D eigenvalue weighted by Gasteiger charge is -2.36. The molecular weight excluding hydrogens is 761 g/mol. The summed E-state index contributed by atoms with van der Waals surface area (Å²) in [6.45, 7) is 13.2. The number of aromatic nitrogens is 3. The third-order valence-corrected chi connectivity index (χ3v) is 14.8. The van der Waals surface area contributed by atoms with E-state index in [-0.39, 0.29) is 5.41 Å². The number of hydrogen-bond donors (Lipinski definition) is 0. The molecule has 0 saturated heterocycles. The molecule has 62 heavy (non-hydrogen) atoms. The van der Waals surface area contributed by atoms with Gasteiger partial charge in [0.2, 0.25) is 5.58 Å². The van der Waals surface area contributed by atoms with E-state index in [1.807, 2.05) is 0 Å². The van der Waals surface area contributed by atoms with E-state index in [2.05, 4.69) is 143 Å². The lowest BCUT2D eigenvalue weighted by Crippen LogP contribution is -2.36. The fourth-order valence-corrected chi connectivity index (χ4v) is 12.1. The minimum absolute atomic E-state index is 0.131. The van der Waals surface area contributed by atoms with Gasteiger partial charge in [-0.05, 0) is 137 Å². The molecule has 1 aliphatic heterocycles. The van der Waals surface area contributed by atoms with Crippen molar-refractivity contribution in [3.05, 3.63) is 142 Å². The summed E-state index contributed by atoms with van der Waals surface area (Å²) in [7, 11) is 0. The Bertz CT molecular complexity index is 2870. The molecule has 0 N–H and O–H groups in total. The smallest absolute Gasteiger partial charge is 0.374 e. The van der Waals surface area contributed by atoms with E-state index in [1.54, 1.807) is 22.5 Å². The Labute approximate surface area is 367 Å². The second-order valence-electron chi connectivity index (χ2n) is 19.6. The SMILES string of the molecule is CCn1c2c(c3cc4c(cc31)OC(=CC1CC(=Cc3oc5cc6c(cc5[n+]3CCc3ccccc3)c3c(n6CC)CCCC3)CC(C)(C)C1)N4CCc1ccccc1)CCCC2. The second kappa shape index (κ2) is 16.0. The molecule has 6 heteroatoms. The van der Waals surface area contributed by atoms with Gasteiger partial charge in [0.05, 0.1) is 22.8 Å². The first-order valence-electron chi connectivity index (χ1n) is 24.0. The van der Waals surface area contributed by atoms with Gasteiger partial charge in [-0.3, -0.25) is 0 Å². The van der Waals surface area contributed by atoms with Crippen molar-refractivity contribution in [1.82, 2.24) is 9.13 Å². The van der Waals surface area contributed by atoms with Crippen molar-refractivity contribution in [1.29, 1.82) is 0 Å². The Morgan fingerprint density at radius 1 is 0.742 bits per heavy atom. The van der Waals surface area contributed by atoms with Crippen LogP contribution in [-0.4, -0.2) is 15.7 Å². The van der Waals surface area contributed by atoms with Crippen molar-refractivity contribution < 1.29 is 13.7 Å². The van der Waals surface area contributed by atoms with E-state index in [4.69, 9.17) is 9.15 Å². The van der Waals surface area contributed by atoms with E-state index >= 15 is 0 Å². The number of allylic oxidation sites excluding steroid dienone is 2. The van der Waals surface area contributed by atoms with Crippen LogP contribution in [0.25, 0.3) is 39.0 Å². The number of nitrogens with zero attached hydrogens (tertiary/aromatic N) is 4. The second-order valence-corrected chi connectivity index (χ2v) is 19.6. The number of benzene rings is 4. The van der Waals surface area contributed by atoms with Gasteiger partial charge in [-0.15, -0.1) is 0 Å². The summed E-state index contributed by atoms with van der Waals surface area (Å²) in [5.74, 6) is 3.30.